The number of nitrogens with zero attached hydrogens (tertiary/aromatic N) is 1. The molecule has 0 aromatic carbocycles. The van der Waals surface area contributed by atoms with Crippen LogP contribution in [0.5, 0.6) is 0 Å². The molecule has 0 spiro atoms. The number of ether oxygens (including phenoxy) is 1. The first-order valence-corrected chi connectivity index (χ1v) is 7.53. The van der Waals surface area contributed by atoms with E-state index in [-0.39, 0.29) is 15.2 Å². The molecule has 17 heavy (non-hydrogen) atoms. The van der Waals surface area contributed by atoms with Gasteiger partial charge in [-0.05, 0) is 20.8 Å². The van der Waals surface area contributed by atoms with Crippen LogP contribution in [0.3, 0.4) is 0 Å². The third-order valence-electron chi connectivity index (χ3n) is 2.21. The maximum atomic E-state index is 12.0. The molecule has 0 unspecified atom stereocenters. The van der Waals surface area contributed by atoms with Crippen molar-refractivity contribution in [3.8, 4) is 0 Å². The van der Waals surface area contributed by atoms with Gasteiger partial charge >= 0.3 is 0 Å². The molecule has 0 fully saturated rings. The highest BCUT2D eigenvalue weighted by Gasteiger charge is 2.25. The Bertz CT molecular complexity index is 496. The lowest BCUT2D eigenvalue weighted by Crippen LogP contribution is -2.39. The lowest BCUT2D eigenvalue weighted by atomic mass is 10.1. The zero-order valence-corrected chi connectivity index (χ0v) is 12.5. The van der Waals surface area contributed by atoms with Crippen molar-refractivity contribution in [2.24, 2.45) is 0 Å². The largest absolute Gasteiger partial charge is 0.377 e. The minimum absolute atomic E-state index is 0.148. The van der Waals surface area contributed by atoms with Gasteiger partial charge in [-0.25, -0.2) is 18.1 Å². The lowest BCUT2D eigenvalue weighted by Gasteiger charge is -2.22. The van der Waals surface area contributed by atoms with Crippen molar-refractivity contribution in [1.29, 1.82) is 0 Å². The molecule has 1 N–H and O–H groups in total. The van der Waals surface area contributed by atoms with Crippen LogP contribution in [0.1, 0.15) is 19.5 Å². The van der Waals surface area contributed by atoms with Crippen LogP contribution < -0.4 is 4.72 Å². The number of nitrogens with one attached hydrogen (secondary N) is 1. The number of aryl methyl sites for hydroxylation is 1. The van der Waals surface area contributed by atoms with Gasteiger partial charge in [0.15, 0.2) is 8.68 Å². The Morgan fingerprint density at radius 1 is 1.53 bits per heavy atom. The predicted octanol–water partition coefficient (Wildman–Crippen LogP) is 1.81. The van der Waals surface area contributed by atoms with Crippen molar-refractivity contribution in [3.63, 3.8) is 0 Å². The molecule has 0 aliphatic carbocycles. The second-order valence-corrected chi connectivity index (χ2v) is 7.67. The fourth-order valence-electron chi connectivity index (χ4n) is 1.01. The van der Waals surface area contributed by atoms with Crippen LogP contribution >= 0.6 is 22.9 Å². The summed E-state index contributed by atoms with van der Waals surface area (Å²) < 4.78 is 31.9. The van der Waals surface area contributed by atoms with E-state index in [1.807, 2.05) is 0 Å². The van der Waals surface area contributed by atoms with E-state index in [0.29, 0.717) is 5.69 Å². The van der Waals surface area contributed by atoms with Crippen molar-refractivity contribution in [3.05, 3.63) is 10.2 Å². The number of rotatable bonds is 5. The van der Waals surface area contributed by atoms with Crippen molar-refractivity contribution in [1.82, 2.24) is 9.71 Å². The van der Waals surface area contributed by atoms with Gasteiger partial charge in [0.25, 0.3) is 10.0 Å². The minimum atomic E-state index is -3.57. The number of halogens is 1. The highest BCUT2D eigenvalue weighted by Crippen LogP contribution is 2.26. The van der Waals surface area contributed by atoms with Crippen LogP contribution in [0, 0.1) is 6.92 Å². The third kappa shape index (κ3) is 3.89. The average Bonchev–Trinajstić information content (AvgIpc) is 2.56. The van der Waals surface area contributed by atoms with Crippen LogP contribution in [0.25, 0.3) is 0 Å². The van der Waals surface area contributed by atoms with Crippen molar-refractivity contribution in [2.45, 2.75) is 30.6 Å². The molecule has 0 radical (unpaired) electrons. The van der Waals surface area contributed by atoms with Crippen LogP contribution in [0.2, 0.25) is 4.47 Å². The number of thiazole rings is 1. The molecule has 1 aromatic heterocycles. The van der Waals surface area contributed by atoms with Crippen molar-refractivity contribution >= 4 is 33.0 Å². The van der Waals surface area contributed by atoms with Crippen LogP contribution in [-0.2, 0) is 14.8 Å². The normalized spacial score (nSPS) is 13.0. The molecule has 8 heteroatoms. The van der Waals surface area contributed by atoms with Gasteiger partial charge in [0.05, 0.1) is 11.3 Å². The Labute approximate surface area is 110 Å². The molecule has 1 aromatic rings. The van der Waals surface area contributed by atoms with E-state index in [1.165, 1.54) is 7.11 Å². The van der Waals surface area contributed by atoms with E-state index >= 15 is 0 Å². The van der Waals surface area contributed by atoms with Crippen molar-refractivity contribution < 1.29 is 13.2 Å². The van der Waals surface area contributed by atoms with E-state index in [0.717, 1.165) is 11.3 Å². The van der Waals surface area contributed by atoms with E-state index in [4.69, 9.17) is 16.3 Å². The van der Waals surface area contributed by atoms with Crippen LogP contribution in [0.15, 0.2) is 4.21 Å². The molecule has 5 nitrogen and oxygen atoms in total. The fraction of sp³-hybridized carbons (Fsp3) is 0.667. The Hall–Kier alpha value is -0.210. The van der Waals surface area contributed by atoms with Crippen LogP contribution in [-0.4, -0.2) is 32.7 Å². The predicted molar refractivity (Wildman–Crippen MR) is 68.1 cm³/mol. The Morgan fingerprint density at radius 3 is 2.53 bits per heavy atom. The highest BCUT2D eigenvalue weighted by atomic mass is 35.5. The summed E-state index contributed by atoms with van der Waals surface area (Å²) >= 11 is 6.62. The summed E-state index contributed by atoms with van der Waals surface area (Å²) in [6.07, 6.45) is 0. The first kappa shape index (κ1) is 14.8. The standard InChI is InChI=1S/C9H15ClN2O3S2/c1-6-7(16-8(10)12-6)17(13,14)11-5-9(2,3)15-4/h11H,5H2,1-4H3. The second-order valence-electron chi connectivity index (χ2n) is 4.13. The van der Waals surface area contributed by atoms with E-state index in [2.05, 4.69) is 9.71 Å². The maximum Gasteiger partial charge on any atom is 0.252 e. The molecule has 1 heterocycles. The molecule has 0 atom stereocenters. The Kier molecular flexibility index (Phi) is 4.54. The minimum Gasteiger partial charge on any atom is -0.377 e. The summed E-state index contributed by atoms with van der Waals surface area (Å²) in [5, 5.41) is 0. The number of hydrogen-bond acceptors (Lipinski definition) is 5. The van der Waals surface area contributed by atoms with Gasteiger partial charge in [0.2, 0.25) is 0 Å². The monoisotopic (exact) mass is 298 g/mol. The number of hydrogen-bond donors (Lipinski definition) is 1. The second kappa shape index (κ2) is 5.19. The van der Waals surface area contributed by atoms with E-state index < -0.39 is 15.6 Å². The molecule has 0 aliphatic heterocycles. The van der Waals surface area contributed by atoms with Crippen LogP contribution in [0.4, 0.5) is 0 Å². The zero-order chi connectivity index (χ0) is 13.3. The molecule has 0 bridgehead atoms. The molecular formula is C9H15ClN2O3S2. The molecule has 98 valence electrons. The summed E-state index contributed by atoms with van der Waals surface area (Å²) in [6, 6.07) is 0. The molecule has 0 saturated carbocycles. The number of methoxy groups -OCH3 is 1. The summed E-state index contributed by atoms with van der Waals surface area (Å²) in [7, 11) is -2.04. The van der Waals surface area contributed by atoms with Gasteiger partial charge in [0.1, 0.15) is 0 Å². The number of sulfonamides is 1. The zero-order valence-electron chi connectivity index (χ0n) is 10.1. The first-order chi connectivity index (χ1) is 7.68. The number of aromatic nitrogens is 1. The maximum absolute atomic E-state index is 12.0. The first-order valence-electron chi connectivity index (χ1n) is 4.86. The van der Waals surface area contributed by atoms with Gasteiger partial charge in [-0.2, -0.15) is 0 Å². The van der Waals surface area contributed by atoms with E-state index in [1.54, 1.807) is 20.8 Å². The summed E-state index contributed by atoms with van der Waals surface area (Å²) in [5.41, 5.74) is -0.155. The summed E-state index contributed by atoms with van der Waals surface area (Å²) in [5.74, 6) is 0. The summed E-state index contributed by atoms with van der Waals surface area (Å²) in [6.45, 7) is 5.38. The lowest BCUT2D eigenvalue weighted by molar-refractivity contribution is 0.0276. The molecule has 0 amide bonds. The topological polar surface area (TPSA) is 68.3 Å². The van der Waals surface area contributed by atoms with Gasteiger partial charge < -0.3 is 4.74 Å². The molecular weight excluding hydrogens is 284 g/mol. The smallest absolute Gasteiger partial charge is 0.252 e. The third-order valence-corrected chi connectivity index (χ3v) is 5.49. The quantitative estimate of drug-likeness (QED) is 0.900. The molecule has 0 aliphatic rings. The van der Waals surface area contributed by atoms with Gasteiger partial charge in [-0.1, -0.05) is 22.9 Å². The van der Waals surface area contributed by atoms with Crippen molar-refractivity contribution in [2.75, 3.05) is 13.7 Å². The van der Waals surface area contributed by atoms with Gasteiger partial charge in [-0.15, -0.1) is 0 Å². The molecule has 1 rings (SSSR count). The molecule has 0 saturated heterocycles. The SMILES string of the molecule is COC(C)(C)CNS(=O)(=O)c1sc(Cl)nc1C. The van der Waals surface area contributed by atoms with Gasteiger partial charge in [-0.3, -0.25) is 0 Å². The Balaban J connectivity index is 2.87. The Morgan fingerprint density at radius 2 is 2.12 bits per heavy atom. The van der Waals surface area contributed by atoms with Gasteiger partial charge in [0, 0.05) is 13.7 Å². The highest BCUT2D eigenvalue weighted by molar-refractivity contribution is 7.91. The summed E-state index contributed by atoms with van der Waals surface area (Å²) in [4.78, 5) is 3.88. The fourth-order valence-corrected chi connectivity index (χ4v) is 3.99. The van der Waals surface area contributed by atoms with E-state index in [9.17, 15) is 8.42 Å². The average molecular weight is 299 g/mol.